The highest BCUT2D eigenvalue weighted by Crippen LogP contribution is 2.35. The third-order valence-electron chi connectivity index (χ3n) is 2.85. The van der Waals surface area contributed by atoms with Gasteiger partial charge in [-0.1, -0.05) is 0 Å². The summed E-state index contributed by atoms with van der Waals surface area (Å²) in [4.78, 5) is 25.3. The Kier molecular flexibility index (Phi) is 3.14. The average molecular weight is 251 g/mol. The van der Waals surface area contributed by atoms with Crippen LogP contribution >= 0.6 is 0 Å². The van der Waals surface area contributed by atoms with E-state index in [0.29, 0.717) is 5.56 Å². The second kappa shape index (κ2) is 4.59. The van der Waals surface area contributed by atoms with Crippen LogP contribution in [0, 0.1) is 23.0 Å². The number of nitrogens with one attached hydrogen (secondary N) is 1. The Labute approximate surface area is 103 Å². The fourth-order valence-electron chi connectivity index (χ4n) is 1.76. The van der Waals surface area contributed by atoms with Crippen LogP contribution in [-0.4, -0.2) is 27.0 Å². The van der Waals surface area contributed by atoms with Gasteiger partial charge in [-0.3, -0.25) is 10.1 Å². The number of nitrogens with zero attached hydrogens (tertiary/aromatic N) is 2. The molecular formula is C11H13N3O4. The van der Waals surface area contributed by atoms with Crippen molar-refractivity contribution in [2.75, 3.05) is 5.32 Å². The van der Waals surface area contributed by atoms with Crippen LogP contribution in [0.5, 0.6) is 0 Å². The number of nitro groups is 1. The van der Waals surface area contributed by atoms with E-state index in [1.807, 2.05) is 0 Å². The van der Waals surface area contributed by atoms with Gasteiger partial charge in [0.15, 0.2) is 0 Å². The Morgan fingerprint density at radius 2 is 2.33 bits per heavy atom. The Bertz CT molecular complexity index is 499. The summed E-state index contributed by atoms with van der Waals surface area (Å²) in [5.41, 5.74) is 0.465. The lowest BCUT2D eigenvalue weighted by Crippen LogP contribution is -2.32. The first kappa shape index (κ1) is 12.3. The van der Waals surface area contributed by atoms with E-state index < -0.39 is 16.9 Å². The van der Waals surface area contributed by atoms with Crippen molar-refractivity contribution in [2.24, 2.45) is 5.92 Å². The minimum Gasteiger partial charge on any atom is -0.480 e. The van der Waals surface area contributed by atoms with Gasteiger partial charge in [0.2, 0.25) is 5.82 Å². The van der Waals surface area contributed by atoms with Crippen molar-refractivity contribution in [3.8, 4) is 0 Å². The van der Waals surface area contributed by atoms with E-state index in [9.17, 15) is 14.9 Å². The van der Waals surface area contributed by atoms with Crippen molar-refractivity contribution in [3.63, 3.8) is 0 Å². The van der Waals surface area contributed by atoms with Gasteiger partial charge in [-0.25, -0.2) is 9.78 Å². The fourth-order valence-corrected chi connectivity index (χ4v) is 1.76. The number of pyridine rings is 1. The van der Waals surface area contributed by atoms with Crippen molar-refractivity contribution >= 4 is 17.5 Å². The largest absolute Gasteiger partial charge is 0.480 e. The van der Waals surface area contributed by atoms with Crippen LogP contribution in [0.4, 0.5) is 11.5 Å². The summed E-state index contributed by atoms with van der Waals surface area (Å²) in [7, 11) is 0. The van der Waals surface area contributed by atoms with Gasteiger partial charge in [-0.05, 0) is 31.2 Å². The number of carboxylic acids is 1. The minimum absolute atomic E-state index is 0.0184. The third-order valence-corrected chi connectivity index (χ3v) is 2.85. The number of aliphatic carboxylic acids is 1. The van der Waals surface area contributed by atoms with E-state index in [2.05, 4.69) is 10.3 Å². The molecule has 0 spiro atoms. The molecule has 0 radical (unpaired) electrons. The molecule has 18 heavy (non-hydrogen) atoms. The molecule has 0 bridgehead atoms. The van der Waals surface area contributed by atoms with E-state index in [1.54, 1.807) is 6.92 Å². The lowest BCUT2D eigenvalue weighted by Gasteiger charge is -2.14. The molecule has 1 saturated carbocycles. The first-order valence-corrected chi connectivity index (χ1v) is 5.59. The number of carbonyl (C=O) groups is 1. The molecule has 7 heteroatoms. The average Bonchev–Trinajstić information content (AvgIpc) is 3.10. The molecule has 1 fully saturated rings. The van der Waals surface area contributed by atoms with Crippen molar-refractivity contribution in [1.29, 1.82) is 0 Å². The molecular weight excluding hydrogens is 238 g/mol. The van der Waals surface area contributed by atoms with Crippen molar-refractivity contribution in [1.82, 2.24) is 4.98 Å². The van der Waals surface area contributed by atoms with Crippen LogP contribution in [0.15, 0.2) is 12.3 Å². The summed E-state index contributed by atoms with van der Waals surface area (Å²) in [6, 6.07) is 0.570. The zero-order chi connectivity index (χ0) is 13.3. The molecule has 0 aromatic carbocycles. The fraction of sp³-hybridized carbons (Fsp3) is 0.455. The number of aromatic nitrogens is 1. The Hall–Kier alpha value is -2.18. The van der Waals surface area contributed by atoms with Gasteiger partial charge < -0.3 is 10.4 Å². The summed E-state index contributed by atoms with van der Waals surface area (Å²) in [6.07, 6.45) is 3.12. The quantitative estimate of drug-likeness (QED) is 0.607. The molecule has 0 aliphatic heterocycles. The Balaban J connectivity index is 2.27. The van der Waals surface area contributed by atoms with Gasteiger partial charge >= 0.3 is 11.7 Å². The zero-order valence-electron chi connectivity index (χ0n) is 9.79. The number of carboxylic acid groups (broad SMARTS) is 1. The molecule has 1 aliphatic carbocycles. The van der Waals surface area contributed by atoms with Crippen LogP contribution in [0.2, 0.25) is 0 Å². The van der Waals surface area contributed by atoms with E-state index in [0.717, 1.165) is 12.8 Å². The van der Waals surface area contributed by atoms with Gasteiger partial charge in [0.05, 0.1) is 4.92 Å². The molecule has 96 valence electrons. The lowest BCUT2D eigenvalue weighted by molar-refractivity contribution is -0.384. The molecule has 0 saturated heterocycles. The SMILES string of the molecule is Cc1cnc(NC(C(=O)O)C2CC2)c([N+](=O)[O-])c1. The summed E-state index contributed by atoms with van der Waals surface area (Å²) in [5.74, 6) is -0.954. The molecule has 1 unspecified atom stereocenters. The number of rotatable bonds is 5. The highest BCUT2D eigenvalue weighted by Gasteiger charge is 2.37. The highest BCUT2D eigenvalue weighted by molar-refractivity contribution is 5.79. The molecule has 2 N–H and O–H groups in total. The van der Waals surface area contributed by atoms with Gasteiger partial charge in [-0.2, -0.15) is 0 Å². The summed E-state index contributed by atoms with van der Waals surface area (Å²) in [6.45, 7) is 1.69. The van der Waals surface area contributed by atoms with Gasteiger partial charge in [0.1, 0.15) is 6.04 Å². The Morgan fingerprint density at radius 3 is 2.83 bits per heavy atom. The molecule has 1 heterocycles. The van der Waals surface area contributed by atoms with Crippen molar-refractivity contribution in [3.05, 3.63) is 27.9 Å². The standard InChI is InChI=1S/C11H13N3O4/c1-6-4-8(14(17)18)10(12-5-6)13-9(11(15)16)7-2-3-7/h4-5,7,9H,2-3H2,1H3,(H,12,13)(H,15,16). The second-order valence-corrected chi connectivity index (χ2v) is 4.44. The topological polar surface area (TPSA) is 105 Å². The lowest BCUT2D eigenvalue weighted by atomic mass is 10.2. The first-order chi connectivity index (χ1) is 8.49. The number of hydrogen-bond donors (Lipinski definition) is 2. The van der Waals surface area contributed by atoms with E-state index in [4.69, 9.17) is 5.11 Å². The summed E-state index contributed by atoms with van der Waals surface area (Å²) >= 11 is 0. The molecule has 7 nitrogen and oxygen atoms in total. The maximum absolute atomic E-state index is 11.1. The number of hydrogen-bond acceptors (Lipinski definition) is 5. The molecule has 1 aromatic heterocycles. The van der Waals surface area contributed by atoms with E-state index in [1.165, 1.54) is 12.3 Å². The van der Waals surface area contributed by atoms with Gasteiger partial charge in [-0.15, -0.1) is 0 Å². The van der Waals surface area contributed by atoms with Crippen LogP contribution in [0.3, 0.4) is 0 Å². The maximum atomic E-state index is 11.1. The van der Waals surface area contributed by atoms with E-state index >= 15 is 0 Å². The molecule has 0 amide bonds. The Morgan fingerprint density at radius 1 is 1.67 bits per heavy atom. The van der Waals surface area contributed by atoms with Crippen LogP contribution in [0.25, 0.3) is 0 Å². The zero-order valence-corrected chi connectivity index (χ0v) is 9.79. The van der Waals surface area contributed by atoms with E-state index in [-0.39, 0.29) is 17.4 Å². The first-order valence-electron chi connectivity index (χ1n) is 5.59. The maximum Gasteiger partial charge on any atom is 0.326 e. The molecule has 1 aliphatic rings. The summed E-state index contributed by atoms with van der Waals surface area (Å²) < 4.78 is 0. The highest BCUT2D eigenvalue weighted by atomic mass is 16.6. The number of aryl methyl sites for hydroxylation is 1. The smallest absolute Gasteiger partial charge is 0.326 e. The van der Waals surface area contributed by atoms with Crippen LogP contribution in [0.1, 0.15) is 18.4 Å². The van der Waals surface area contributed by atoms with Crippen LogP contribution < -0.4 is 5.32 Å². The summed E-state index contributed by atoms with van der Waals surface area (Å²) in [5, 5.41) is 22.6. The second-order valence-electron chi connectivity index (χ2n) is 4.44. The van der Waals surface area contributed by atoms with Crippen LogP contribution in [-0.2, 0) is 4.79 Å². The predicted octanol–water partition coefficient (Wildman–Crippen LogP) is 1.57. The van der Waals surface area contributed by atoms with Gasteiger partial charge in [0.25, 0.3) is 0 Å². The van der Waals surface area contributed by atoms with Gasteiger partial charge in [0, 0.05) is 12.3 Å². The normalized spacial score (nSPS) is 16.1. The molecule has 1 atom stereocenters. The number of anilines is 1. The van der Waals surface area contributed by atoms with Crippen molar-refractivity contribution in [2.45, 2.75) is 25.8 Å². The predicted molar refractivity (Wildman–Crippen MR) is 63.4 cm³/mol. The monoisotopic (exact) mass is 251 g/mol. The third kappa shape index (κ3) is 2.55. The molecule has 1 aromatic rings. The molecule has 2 rings (SSSR count). The minimum atomic E-state index is -1.01. The van der Waals surface area contributed by atoms with Crippen molar-refractivity contribution < 1.29 is 14.8 Å².